The third-order valence-electron chi connectivity index (χ3n) is 3.38. The summed E-state index contributed by atoms with van der Waals surface area (Å²) >= 11 is 11.8. The average Bonchev–Trinajstić information content (AvgIpc) is 2.56. The summed E-state index contributed by atoms with van der Waals surface area (Å²) < 4.78 is 4.98. The fourth-order valence-electron chi connectivity index (χ4n) is 2.21. The first-order valence-electron chi connectivity index (χ1n) is 8.04. The largest absolute Gasteiger partial charge is 0.505 e. The molecule has 0 saturated carbocycles. The van der Waals surface area contributed by atoms with Gasteiger partial charge in [-0.25, -0.2) is 4.79 Å². The highest BCUT2D eigenvalue weighted by Crippen LogP contribution is 2.33. The summed E-state index contributed by atoms with van der Waals surface area (Å²) in [5.41, 5.74) is 0.429. The van der Waals surface area contributed by atoms with Crippen molar-refractivity contribution < 1.29 is 24.6 Å². The Labute approximate surface area is 161 Å². The standard InChI is InChI=1S/C17H22Cl2N2O5/c1-4-26-17(24)14(20-16(23)13(21-25)5-9(2)3)8-10-6-11(18)15(22)12(19)7-10/h6-7,9,14,22,25H,4-5,8H2,1-3H3,(H,20,23)/t14-/m0/s1. The zero-order chi connectivity index (χ0) is 19.9. The number of benzene rings is 1. The van der Waals surface area contributed by atoms with Gasteiger partial charge in [0, 0.05) is 12.8 Å². The maximum atomic E-state index is 12.3. The van der Waals surface area contributed by atoms with Gasteiger partial charge in [0.25, 0.3) is 5.91 Å². The number of nitrogens with one attached hydrogen (secondary N) is 1. The molecule has 1 aromatic rings. The van der Waals surface area contributed by atoms with Gasteiger partial charge in [0.1, 0.15) is 11.8 Å². The first-order valence-corrected chi connectivity index (χ1v) is 8.80. The summed E-state index contributed by atoms with van der Waals surface area (Å²) in [5.74, 6) is -1.50. The first kappa shape index (κ1) is 22.1. The summed E-state index contributed by atoms with van der Waals surface area (Å²) in [6, 6.07) is 1.84. The number of hydrogen-bond acceptors (Lipinski definition) is 6. The number of phenolic OH excluding ortho intramolecular Hbond substituents is 1. The minimum atomic E-state index is -1.04. The predicted octanol–water partition coefficient (Wildman–Crippen LogP) is 3.17. The second-order valence-corrected chi connectivity index (χ2v) is 6.85. The molecule has 0 bridgehead atoms. The zero-order valence-electron chi connectivity index (χ0n) is 14.8. The molecule has 0 heterocycles. The average molecular weight is 405 g/mol. The van der Waals surface area contributed by atoms with E-state index in [-0.39, 0.29) is 46.9 Å². The molecule has 0 fully saturated rings. The molecule has 7 nitrogen and oxygen atoms in total. The van der Waals surface area contributed by atoms with E-state index in [4.69, 9.17) is 33.1 Å². The van der Waals surface area contributed by atoms with Crippen LogP contribution in [0.5, 0.6) is 5.75 Å². The Hall–Kier alpha value is -1.99. The Kier molecular flexibility index (Phi) is 8.68. The maximum absolute atomic E-state index is 12.3. The Morgan fingerprint density at radius 3 is 2.31 bits per heavy atom. The highest BCUT2D eigenvalue weighted by molar-refractivity contribution is 6.39. The van der Waals surface area contributed by atoms with Gasteiger partial charge >= 0.3 is 5.97 Å². The number of oxime groups is 1. The van der Waals surface area contributed by atoms with E-state index in [9.17, 15) is 14.7 Å². The minimum absolute atomic E-state index is 0.0267. The number of halogens is 2. The van der Waals surface area contributed by atoms with Crippen LogP contribution in [0.4, 0.5) is 0 Å². The lowest BCUT2D eigenvalue weighted by atomic mass is 10.0. The quantitative estimate of drug-likeness (QED) is 0.267. The summed E-state index contributed by atoms with van der Waals surface area (Å²) in [4.78, 5) is 24.5. The van der Waals surface area contributed by atoms with Gasteiger partial charge in [0.05, 0.1) is 16.7 Å². The number of phenols is 1. The van der Waals surface area contributed by atoms with E-state index < -0.39 is 17.9 Å². The van der Waals surface area contributed by atoms with Crippen LogP contribution in [0.15, 0.2) is 17.3 Å². The number of ether oxygens (including phenoxy) is 1. The van der Waals surface area contributed by atoms with Gasteiger partial charge in [0.15, 0.2) is 5.75 Å². The molecule has 3 N–H and O–H groups in total. The molecule has 0 spiro atoms. The first-order chi connectivity index (χ1) is 12.2. The van der Waals surface area contributed by atoms with E-state index in [1.807, 2.05) is 13.8 Å². The normalized spacial score (nSPS) is 12.8. The van der Waals surface area contributed by atoms with Crippen molar-refractivity contribution in [3.63, 3.8) is 0 Å². The Morgan fingerprint density at radius 2 is 1.85 bits per heavy atom. The van der Waals surface area contributed by atoms with Gasteiger partial charge in [-0.3, -0.25) is 4.79 Å². The Balaban J connectivity index is 3.02. The molecular weight excluding hydrogens is 383 g/mol. The van der Waals surface area contributed by atoms with E-state index in [1.54, 1.807) is 6.92 Å². The number of amides is 1. The summed E-state index contributed by atoms with van der Waals surface area (Å²) in [5, 5.41) is 24.2. The van der Waals surface area contributed by atoms with Gasteiger partial charge in [0.2, 0.25) is 0 Å². The molecule has 26 heavy (non-hydrogen) atoms. The van der Waals surface area contributed by atoms with Crippen molar-refractivity contribution in [3.05, 3.63) is 27.7 Å². The van der Waals surface area contributed by atoms with Crippen molar-refractivity contribution >= 4 is 40.8 Å². The van der Waals surface area contributed by atoms with Crippen molar-refractivity contribution in [2.24, 2.45) is 11.1 Å². The van der Waals surface area contributed by atoms with Crippen LogP contribution in [-0.2, 0) is 20.7 Å². The van der Waals surface area contributed by atoms with Crippen LogP contribution in [0.1, 0.15) is 32.8 Å². The highest BCUT2D eigenvalue weighted by Gasteiger charge is 2.26. The smallest absolute Gasteiger partial charge is 0.328 e. The number of rotatable bonds is 8. The van der Waals surface area contributed by atoms with Crippen LogP contribution < -0.4 is 5.32 Å². The monoisotopic (exact) mass is 404 g/mol. The number of carbonyl (C=O) groups excluding carboxylic acids is 2. The van der Waals surface area contributed by atoms with Gasteiger partial charge in [-0.15, -0.1) is 0 Å². The lowest BCUT2D eigenvalue weighted by Gasteiger charge is -2.18. The van der Waals surface area contributed by atoms with E-state index >= 15 is 0 Å². The number of esters is 1. The van der Waals surface area contributed by atoms with E-state index in [0.29, 0.717) is 5.56 Å². The van der Waals surface area contributed by atoms with E-state index in [1.165, 1.54) is 12.1 Å². The van der Waals surface area contributed by atoms with Crippen LogP contribution >= 0.6 is 23.2 Å². The molecule has 144 valence electrons. The molecule has 1 aromatic carbocycles. The molecule has 0 aliphatic rings. The molecule has 0 aliphatic carbocycles. The van der Waals surface area contributed by atoms with E-state index in [0.717, 1.165) is 0 Å². The zero-order valence-corrected chi connectivity index (χ0v) is 16.3. The minimum Gasteiger partial charge on any atom is -0.505 e. The van der Waals surface area contributed by atoms with Crippen molar-refractivity contribution in [2.75, 3.05) is 6.61 Å². The lowest BCUT2D eigenvalue weighted by molar-refractivity contribution is -0.146. The number of nitrogens with zero attached hydrogens (tertiary/aromatic N) is 1. The molecular formula is C17H22Cl2N2O5. The molecule has 0 unspecified atom stereocenters. The van der Waals surface area contributed by atoms with E-state index in [2.05, 4.69) is 10.5 Å². The van der Waals surface area contributed by atoms with Crippen LogP contribution in [0.25, 0.3) is 0 Å². The van der Waals surface area contributed by atoms with Crippen molar-refractivity contribution in [2.45, 2.75) is 39.7 Å². The topological polar surface area (TPSA) is 108 Å². The molecule has 1 amide bonds. The fourth-order valence-corrected chi connectivity index (χ4v) is 2.75. The second kappa shape index (κ2) is 10.2. The molecule has 0 aliphatic heterocycles. The molecule has 1 rings (SSSR count). The molecule has 1 atom stereocenters. The van der Waals surface area contributed by atoms with Gasteiger partial charge in [-0.05, 0) is 30.5 Å². The van der Waals surface area contributed by atoms with Crippen LogP contribution in [0.3, 0.4) is 0 Å². The lowest BCUT2D eigenvalue weighted by Crippen LogP contribution is -2.46. The van der Waals surface area contributed by atoms with Crippen molar-refractivity contribution in [1.29, 1.82) is 0 Å². The number of hydrogen-bond donors (Lipinski definition) is 3. The van der Waals surface area contributed by atoms with Crippen LogP contribution in [0.2, 0.25) is 10.0 Å². The number of aromatic hydroxyl groups is 1. The highest BCUT2D eigenvalue weighted by atomic mass is 35.5. The summed E-state index contributed by atoms with van der Waals surface area (Å²) in [7, 11) is 0. The molecule has 0 saturated heterocycles. The van der Waals surface area contributed by atoms with Gasteiger partial charge in [-0.2, -0.15) is 0 Å². The summed E-state index contributed by atoms with van der Waals surface area (Å²) in [6.07, 6.45) is 0.277. The molecule has 0 radical (unpaired) electrons. The fraction of sp³-hybridized carbons (Fsp3) is 0.471. The van der Waals surface area contributed by atoms with Crippen molar-refractivity contribution in [1.82, 2.24) is 5.32 Å². The van der Waals surface area contributed by atoms with Crippen LogP contribution in [0, 0.1) is 5.92 Å². The summed E-state index contributed by atoms with van der Waals surface area (Å²) in [6.45, 7) is 5.50. The maximum Gasteiger partial charge on any atom is 0.328 e. The molecule has 9 heteroatoms. The molecule has 0 aromatic heterocycles. The Morgan fingerprint density at radius 1 is 1.27 bits per heavy atom. The van der Waals surface area contributed by atoms with Gasteiger partial charge in [-0.1, -0.05) is 42.2 Å². The van der Waals surface area contributed by atoms with Gasteiger partial charge < -0.3 is 20.4 Å². The SMILES string of the molecule is CCOC(=O)[C@H](Cc1cc(Cl)c(O)c(Cl)c1)NC(=O)C(CC(C)C)=NO. The number of carbonyl (C=O) groups is 2. The van der Waals surface area contributed by atoms with Crippen LogP contribution in [-0.4, -0.2) is 40.6 Å². The third-order valence-corrected chi connectivity index (χ3v) is 3.95. The Bertz CT molecular complexity index is 669. The second-order valence-electron chi connectivity index (χ2n) is 6.03. The third kappa shape index (κ3) is 6.38. The predicted molar refractivity (Wildman–Crippen MR) is 99.1 cm³/mol. The van der Waals surface area contributed by atoms with Crippen molar-refractivity contribution in [3.8, 4) is 5.75 Å².